The van der Waals surface area contributed by atoms with Crippen molar-refractivity contribution in [2.75, 3.05) is 18.4 Å². The summed E-state index contributed by atoms with van der Waals surface area (Å²) in [6.07, 6.45) is 19.2. The molecule has 0 aromatic carbocycles. The van der Waals surface area contributed by atoms with Crippen molar-refractivity contribution in [3.8, 4) is 0 Å². The normalized spacial score (nSPS) is 33.2. The number of ether oxygens (including phenoxy) is 1. The van der Waals surface area contributed by atoms with Gasteiger partial charge in [-0.05, 0) is 80.2 Å². The van der Waals surface area contributed by atoms with Gasteiger partial charge in [0.25, 0.3) is 5.91 Å². The van der Waals surface area contributed by atoms with Crippen LogP contribution in [0.3, 0.4) is 0 Å². The van der Waals surface area contributed by atoms with Crippen LogP contribution in [0.25, 0.3) is 0 Å². The Morgan fingerprint density at radius 2 is 1.86 bits per heavy atom. The zero-order valence-corrected chi connectivity index (χ0v) is 21.2. The number of nitrogens with zero attached hydrogens (tertiary/aromatic N) is 1. The number of hydrogen-bond acceptors (Lipinski definition) is 6. The van der Waals surface area contributed by atoms with Crippen molar-refractivity contribution < 1.29 is 13.9 Å². The topological polar surface area (TPSA) is 88.4 Å². The molecule has 1 amide bonds. The number of amides is 1. The molecule has 2 aromatic rings. The molecule has 194 valence electrons. The van der Waals surface area contributed by atoms with E-state index in [2.05, 4.69) is 20.9 Å². The highest BCUT2D eigenvalue weighted by molar-refractivity contribution is 6.02. The molecule has 6 rings (SSSR count). The van der Waals surface area contributed by atoms with Crippen LogP contribution in [0.1, 0.15) is 86.2 Å². The van der Waals surface area contributed by atoms with Gasteiger partial charge in [-0.3, -0.25) is 9.78 Å². The molecule has 36 heavy (non-hydrogen) atoms. The highest BCUT2D eigenvalue weighted by Crippen LogP contribution is 2.44. The Bertz CT molecular complexity index is 1000. The highest BCUT2D eigenvalue weighted by atomic mass is 16.5. The molecule has 6 unspecified atom stereocenters. The number of furan rings is 1. The van der Waals surface area contributed by atoms with Gasteiger partial charge >= 0.3 is 0 Å². The third-order valence-electron chi connectivity index (χ3n) is 9.15. The fraction of sp³-hybridized carbons (Fsp3) is 0.655. The Morgan fingerprint density at radius 3 is 2.72 bits per heavy atom. The molecule has 7 nitrogen and oxygen atoms in total. The predicted octanol–water partition coefficient (Wildman–Crippen LogP) is 5.07. The first-order chi connectivity index (χ1) is 17.7. The van der Waals surface area contributed by atoms with Gasteiger partial charge in [0.1, 0.15) is 0 Å². The van der Waals surface area contributed by atoms with Crippen LogP contribution in [0, 0.1) is 17.8 Å². The molecular formula is C29H40N4O3. The number of fused-ring (bicyclic) bond motifs is 1. The molecule has 4 fully saturated rings. The molecule has 2 aromatic heterocycles. The maximum absolute atomic E-state index is 12.7. The first-order valence-electron chi connectivity index (χ1n) is 14.2. The van der Waals surface area contributed by atoms with Crippen LogP contribution >= 0.6 is 0 Å². The van der Waals surface area contributed by atoms with Crippen LogP contribution in [-0.2, 0) is 4.74 Å². The Kier molecular flexibility index (Phi) is 7.40. The molecule has 2 saturated carbocycles. The number of aromatic nitrogens is 1. The van der Waals surface area contributed by atoms with E-state index in [1.165, 1.54) is 64.2 Å². The van der Waals surface area contributed by atoms with E-state index in [1.807, 2.05) is 12.1 Å². The highest BCUT2D eigenvalue weighted by Gasteiger charge is 2.45. The van der Waals surface area contributed by atoms with E-state index < -0.39 is 0 Å². The van der Waals surface area contributed by atoms with Gasteiger partial charge in [-0.2, -0.15) is 0 Å². The lowest BCUT2D eigenvalue weighted by Crippen LogP contribution is -2.52. The third kappa shape index (κ3) is 5.24. The molecule has 0 spiro atoms. The molecule has 0 radical (unpaired) electrons. The van der Waals surface area contributed by atoms with Gasteiger partial charge in [-0.15, -0.1) is 0 Å². The van der Waals surface area contributed by atoms with Crippen molar-refractivity contribution in [2.45, 2.75) is 88.5 Å². The van der Waals surface area contributed by atoms with Crippen molar-refractivity contribution in [2.24, 2.45) is 17.8 Å². The summed E-state index contributed by atoms with van der Waals surface area (Å²) < 4.78 is 12.5. The first-order valence-corrected chi connectivity index (χ1v) is 14.2. The van der Waals surface area contributed by atoms with Gasteiger partial charge in [0.2, 0.25) is 0 Å². The molecule has 3 N–H and O–H groups in total. The minimum absolute atomic E-state index is 0.235. The number of nitrogens with one attached hydrogen (secondary N) is 3. The SMILES string of the molecule is O=C(Nc1cccnc1)c1cc(C2CNC3NCC(C4CCCCC4OC4CCCCC4)CC32)co1. The van der Waals surface area contributed by atoms with Crippen LogP contribution in [-0.4, -0.2) is 42.4 Å². The number of rotatable bonds is 6. The number of hydrogen-bond donors (Lipinski definition) is 3. The van der Waals surface area contributed by atoms with Gasteiger partial charge in [-0.25, -0.2) is 0 Å². The van der Waals surface area contributed by atoms with Crippen molar-refractivity contribution in [1.29, 1.82) is 0 Å². The largest absolute Gasteiger partial charge is 0.459 e. The van der Waals surface area contributed by atoms with E-state index in [0.717, 1.165) is 18.7 Å². The Hall–Kier alpha value is -2.22. The third-order valence-corrected chi connectivity index (χ3v) is 9.15. The number of carbonyl (C=O) groups is 1. The van der Waals surface area contributed by atoms with E-state index >= 15 is 0 Å². The molecule has 0 bridgehead atoms. The van der Waals surface area contributed by atoms with Crippen LogP contribution < -0.4 is 16.0 Å². The lowest BCUT2D eigenvalue weighted by molar-refractivity contribution is -0.0901. The van der Waals surface area contributed by atoms with Crippen molar-refractivity contribution in [1.82, 2.24) is 15.6 Å². The molecule has 4 aliphatic rings. The standard InChI is InChI=1S/C29H40N4O3/c34-29(33-21-7-6-12-30-16-21)27-14-20(18-35-27)25-17-32-28-24(25)13-19(15-31-28)23-10-4-5-11-26(23)36-22-8-2-1-3-9-22/h6-7,12,14,16,18-19,22-26,28,31-32H,1-5,8-11,13,15,17H2,(H,33,34). The maximum atomic E-state index is 12.7. The number of carbonyl (C=O) groups excluding carboxylic acids is 1. The van der Waals surface area contributed by atoms with Crippen LogP contribution in [0.5, 0.6) is 0 Å². The summed E-state index contributed by atoms with van der Waals surface area (Å²) in [7, 11) is 0. The summed E-state index contributed by atoms with van der Waals surface area (Å²) in [4.78, 5) is 16.8. The summed E-state index contributed by atoms with van der Waals surface area (Å²) in [5.74, 6) is 2.25. The lowest BCUT2D eigenvalue weighted by atomic mass is 9.70. The molecule has 7 heteroatoms. The monoisotopic (exact) mass is 492 g/mol. The second-order valence-corrected chi connectivity index (χ2v) is 11.4. The zero-order chi connectivity index (χ0) is 24.3. The number of anilines is 1. The van der Waals surface area contributed by atoms with Crippen LogP contribution in [0.4, 0.5) is 5.69 Å². The van der Waals surface area contributed by atoms with Crippen molar-refractivity contribution in [3.05, 3.63) is 48.2 Å². The van der Waals surface area contributed by atoms with Crippen molar-refractivity contribution in [3.63, 3.8) is 0 Å². The smallest absolute Gasteiger partial charge is 0.291 e. The summed E-state index contributed by atoms with van der Waals surface area (Å²) >= 11 is 0. The molecule has 2 saturated heterocycles. The molecule has 4 heterocycles. The first kappa shape index (κ1) is 24.1. The molecule has 6 atom stereocenters. The minimum Gasteiger partial charge on any atom is -0.459 e. The van der Waals surface area contributed by atoms with E-state index in [1.54, 1.807) is 24.7 Å². The Morgan fingerprint density at radius 1 is 1.03 bits per heavy atom. The number of pyridine rings is 1. The van der Waals surface area contributed by atoms with Gasteiger partial charge in [0.15, 0.2) is 5.76 Å². The average molecular weight is 493 g/mol. The second-order valence-electron chi connectivity index (χ2n) is 11.4. The van der Waals surface area contributed by atoms with Gasteiger partial charge < -0.3 is 25.1 Å². The van der Waals surface area contributed by atoms with Crippen LogP contribution in [0.2, 0.25) is 0 Å². The summed E-state index contributed by atoms with van der Waals surface area (Å²) in [5.41, 5.74) is 1.78. The van der Waals surface area contributed by atoms with Gasteiger partial charge in [-0.1, -0.05) is 32.1 Å². The Balaban J connectivity index is 1.11. The Labute approximate surface area is 214 Å². The van der Waals surface area contributed by atoms with E-state index in [-0.39, 0.29) is 5.91 Å². The van der Waals surface area contributed by atoms with Crippen LogP contribution in [0.15, 0.2) is 41.3 Å². The average Bonchev–Trinajstić information content (AvgIpc) is 3.57. The number of piperidine rings is 1. The summed E-state index contributed by atoms with van der Waals surface area (Å²) in [6, 6.07) is 5.56. The fourth-order valence-electron chi connectivity index (χ4n) is 7.29. The molecule has 2 aliphatic heterocycles. The van der Waals surface area contributed by atoms with Crippen molar-refractivity contribution >= 4 is 11.6 Å². The van der Waals surface area contributed by atoms with E-state index in [4.69, 9.17) is 9.15 Å². The fourth-order valence-corrected chi connectivity index (χ4v) is 7.29. The molecule has 2 aliphatic carbocycles. The summed E-state index contributed by atoms with van der Waals surface area (Å²) in [5, 5.41) is 10.4. The van der Waals surface area contributed by atoms with E-state index in [0.29, 0.717) is 53.5 Å². The molecular weight excluding hydrogens is 452 g/mol. The zero-order valence-electron chi connectivity index (χ0n) is 21.2. The van der Waals surface area contributed by atoms with Gasteiger partial charge in [0.05, 0.1) is 36.5 Å². The minimum atomic E-state index is -0.235. The predicted molar refractivity (Wildman–Crippen MR) is 139 cm³/mol. The lowest BCUT2D eigenvalue weighted by Gasteiger charge is -2.44. The van der Waals surface area contributed by atoms with Gasteiger partial charge in [0, 0.05) is 18.7 Å². The maximum Gasteiger partial charge on any atom is 0.291 e. The summed E-state index contributed by atoms with van der Waals surface area (Å²) in [6.45, 7) is 1.98. The quantitative estimate of drug-likeness (QED) is 0.522. The van der Waals surface area contributed by atoms with E-state index in [9.17, 15) is 4.79 Å². The second kappa shape index (κ2) is 11.0.